The van der Waals surface area contributed by atoms with Gasteiger partial charge >= 0.3 is 0 Å². The Bertz CT molecular complexity index is 526. The summed E-state index contributed by atoms with van der Waals surface area (Å²) in [5.41, 5.74) is 6.98. The Kier molecular flexibility index (Phi) is 5.01. The van der Waals surface area contributed by atoms with E-state index in [0.29, 0.717) is 18.7 Å². The fourth-order valence-corrected chi connectivity index (χ4v) is 4.54. The quantitative estimate of drug-likeness (QED) is 0.803. The van der Waals surface area contributed by atoms with Crippen molar-refractivity contribution < 1.29 is 13.5 Å². The van der Waals surface area contributed by atoms with Crippen LogP contribution in [0.15, 0.2) is 24.3 Å². The molecule has 1 aromatic rings. The first-order valence-corrected chi connectivity index (χ1v) is 8.58. The third-order valence-electron chi connectivity index (χ3n) is 3.72. The summed E-state index contributed by atoms with van der Waals surface area (Å²) in [5.74, 6) is -0.00475. The highest BCUT2D eigenvalue weighted by Crippen LogP contribution is 2.24. The monoisotopic (exact) mass is 298 g/mol. The molecule has 0 amide bonds. The first kappa shape index (κ1) is 15.3. The number of hydrogen-bond donors (Lipinski definition) is 2. The summed E-state index contributed by atoms with van der Waals surface area (Å²) >= 11 is 0. The van der Waals surface area contributed by atoms with E-state index in [2.05, 4.69) is 0 Å². The minimum Gasteiger partial charge on any atom is -0.399 e. The fraction of sp³-hybridized carbons (Fsp3) is 0.571. The molecule has 2 rings (SSSR count). The molecule has 5 nitrogen and oxygen atoms in total. The van der Waals surface area contributed by atoms with E-state index in [-0.39, 0.29) is 18.4 Å². The molecular weight excluding hydrogens is 276 g/mol. The number of aliphatic hydroxyl groups excluding tert-OH is 1. The normalized spacial score (nSPS) is 20.9. The highest BCUT2D eigenvalue weighted by Gasteiger charge is 2.31. The lowest BCUT2D eigenvalue weighted by molar-refractivity contribution is 0.192. The zero-order valence-corrected chi connectivity index (χ0v) is 12.3. The van der Waals surface area contributed by atoms with Crippen LogP contribution in [0.1, 0.15) is 31.2 Å². The lowest BCUT2D eigenvalue weighted by atomic mass is 10.0. The molecule has 6 heteroatoms. The second kappa shape index (κ2) is 6.56. The van der Waals surface area contributed by atoms with Gasteiger partial charge in [0, 0.05) is 24.9 Å². The predicted molar refractivity (Wildman–Crippen MR) is 79.5 cm³/mol. The molecule has 0 aliphatic carbocycles. The van der Waals surface area contributed by atoms with E-state index in [1.54, 1.807) is 28.6 Å². The van der Waals surface area contributed by atoms with Crippen LogP contribution in [-0.2, 0) is 15.8 Å². The average molecular weight is 298 g/mol. The van der Waals surface area contributed by atoms with Gasteiger partial charge in [-0.2, -0.15) is 4.31 Å². The molecule has 1 heterocycles. The number of nitrogens with zero attached hydrogens (tertiary/aromatic N) is 1. The van der Waals surface area contributed by atoms with Crippen LogP contribution in [0.5, 0.6) is 0 Å². The minimum atomic E-state index is -3.34. The molecule has 0 spiro atoms. The first-order valence-electron chi connectivity index (χ1n) is 6.98. The van der Waals surface area contributed by atoms with Crippen molar-refractivity contribution in [3.63, 3.8) is 0 Å². The largest absolute Gasteiger partial charge is 0.399 e. The van der Waals surface area contributed by atoms with E-state index in [1.165, 1.54) is 0 Å². The Hall–Kier alpha value is -1.11. The van der Waals surface area contributed by atoms with Crippen LogP contribution in [0.3, 0.4) is 0 Å². The molecule has 1 fully saturated rings. The zero-order chi connectivity index (χ0) is 14.6. The molecule has 3 N–H and O–H groups in total. The number of hydrogen-bond acceptors (Lipinski definition) is 4. The molecule has 1 aliphatic rings. The second-order valence-electron chi connectivity index (χ2n) is 5.27. The molecule has 1 atom stereocenters. The summed E-state index contributed by atoms with van der Waals surface area (Å²) in [6, 6.07) is 6.86. The van der Waals surface area contributed by atoms with Crippen LogP contribution in [0, 0.1) is 0 Å². The van der Waals surface area contributed by atoms with Crippen LogP contribution in [0.4, 0.5) is 5.69 Å². The van der Waals surface area contributed by atoms with Crippen molar-refractivity contribution in [1.82, 2.24) is 4.31 Å². The third-order valence-corrected chi connectivity index (χ3v) is 5.61. The molecule has 0 bridgehead atoms. The van der Waals surface area contributed by atoms with E-state index in [4.69, 9.17) is 10.8 Å². The van der Waals surface area contributed by atoms with Gasteiger partial charge < -0.3 is 10.8 Å². The van der Waals surface area contributed by atoms with Gasteiger partial charge in [-0.15, -0.1) is 0 Å². The summed E-state index contributed by atoms with van der Waals surface area (Å²) in [6.07, 6.45) is 3.27. The lowest BCUT2D eigenvalue weighted by Gasteiger charge is -2.34. The highest BCUT2D eigenvalue weighted by molar-refractivity contribution is 7.88. The molecule has 0 saturated carbocycles. The third kappa shape index (κ3) is 3.71. The first-order chi connectivity index (χ1) is 9.53. The number of nitrogens with two attached hydrogens (primary N) is 1. The molecule has 20 heavy (non-hydrogen) atoms. The van der Waals surface area contributed by atoms with Gasteiger partial charge in [-0.3, -0.25) is 0 Å². The maximum atomic E-state index is 12.5. The molecule has 0 radical (unpaired) electrons. The number of benzene rings is 1. The number of piperidine rings is 1. The maximum absolute atomic E-state index is 12.5. The van der Waals surface area contributed by atoms with Crippen molar-refractivity contribution in [2.24, 2.45) is 0 Å². The van der Waals surface area contributed by atoms with Crippen molar-refractivity contribution in [1.29, 1.82) is 0 Å². The fourth-order valence-electron chi connectivity index (χ4n) is 2.69. The Morgan fingerprint density at radius 3 is 2.60 bits per heavy atom. The van der Waals surface area contributed by atoms with Crippen LogP contribution < -0.4 is 5.73 Å². The van der Waals surface area contributed by atoms with E-state index in [1.807, 2.05) is 0 Å². The van der Waals surface area contributed by atoms with E-state index >= 15 is 0 Å². The van der Waals surface area contributed by atoms with Crippen LogP contribution >= 0.6 is 0 Å². The molecule has 112 valence electrons. The maximum Gasteiger partial charge on any atom is 0.218 e. The molecule has 1 aromatic carbocycles. The number of anilines is 1. The second-order valence-corrected chi connectivity index (χ2v) is 7.19. The summed E-state index contributed by atoms with van der Waals surface area (Å²) in [4.78, 5) is 0. The summed E-state index contributed by atoms with van der Waals surface area (Å²) in [5, 5.41) is 9.09. The Labute approximate surface area is 120 Å². The van der Waals surface area contributed by atoms with Crippen molar-refractivity contribution in [3.8, 4) is 0 Å². The molecule has 0 aromatic heterocycles. The summed E-state index contributed by atoms with van der Waals surface area (Å²) in [6.45, 7) is 0.584. The summed E-state index contributed by atoms with van der Waals surface area (Å²) in [7, 11) is -3.34. The van der Waals surface area contributed by atoms with Crippen molar-refractivity contribution in [2.75, 3.05) is 18.9 Å². The van der Waals surface area contributed by atoms with Gasteiger partial charge in [-0.05, 0) is 37.0 Å². The number of aliphatic hydroxyl groups is 1. The topological polar surface area (TPSA) is 83.6 Å². The molecule has 1 unspecified atom stereocenters. The number of rotatable bonds is 5. The van der Waals surface area contributed by atoms with Crippen LogP contribution in [0.25, 0.3) is 0 Å². The van der Waals surface area contributed by atoms with Gasteiger partial charge in [0.1, 0.15) is 0 Å². The Morgan fingerprint density at radius 2 is 1.95 bits per heavy atom. The van der Waals surface area contributed by atoms with Gasteiger partial charge in [0.15, 0.2) is 0 Å². The van der Waals surface area contributed by atoms with Gasteiger partial charge in [0.25, 0.3) is 0 Å². The van der Waals surface area contributed by atoms with Gasteiger partial charge in [-0.1, -0.05) is 18.6 Å². The Balaban J connectivity index is 2.13. The van der Waals surface area contributed by atoms with Crippen molar-refractivity contribution in [3.05, 3.63) is 29.8 Å². The Morgan fingerprint density at radius 1 is 1.25 bits per heavy atom. The van der Waals surface area contributed by atoms with Crippen LogP contribution in [-0.4, -0.2) is 37.0 Å². The molecular formula is C14H22N2O3S. The van der Waals surface area contributed by atoms with E-state index in [9.17, 15) is 8.42 Å². The van der Waals surface area contributed by atoms with Gasteiger partial charge in [-0.25, -0.2) is 8.42 Å². The summed E-state index contributed by atoms with van der Waals surface area (Å²) < 4.78 is 26.6. The highest BCUT2D eigenvalue weighted by atomic mass is 32.2. The average Bonchev–Trinajstić information content (AvgIpc) is 2.42. The van der Waals surface area contributed by atoms with Gasteiger partial charge in [0.05, 0.1) is 5.75 Å². The molecule has 1 saturated heterocycles. The number of sulfonamides is 1. The van der Waals surface area contributed by atoms with Crippen molar-refractivity contribution >= 4 is 15.7 Å². The van der Waals surface area contributed by atoms with E-state index in [0.717, 1.165) is 24.8 Å². The minimum absolute atomic E-state index is 0.00475. The lowest BCUT2D eigenvalue weighted by Crippen LogP contribution is -2.44. The van der Waals surface area contributed by atoms with E-state index < -0.39 is 10.0 Å². The number of nitrogen functional groups attached to an aromatic ring is 1. The smallest absolute Gasteiger partial charge is 0.218 e. The molecule has 1 aliphatic heterocycles. The zero-order valence-electron chi connectivity index (χ0n) is 11.5. The standard InChI is InChI=1S/C14H22N2O3S/c15-13-6-4-12(5-7-13)11-20(18,19)16-9-2-1-3-14(16)8-10-17/h4-7,14,17H,1-3,8-11,15H2. The van der Waals surface area contributed by atoms with Gasteiger partial charge in [0.2, 0.25) is 10.0 Å². The SMILES string of the molecule is Nc1ccc(CS(=O)(=O)N2CCCCC2CCO)cc1. The predicted octanol–water partition coefficient (Wildman–Crippen LogP) is 1.34. The van der Waals surface area contributed by atoms with Crippen LogP contribution in [0.2, 0.25) is 0 Å². The van der Waals surface area contributed by atoms with Crippen molar-refractivity contribution in [2.45, 2.75) is 37.5 Å².